The number of benzene rings is 1. The first-order valence-corrected chi connectivity index (χ1v) is 8.82. The Bertz CT molecular complexity index is 1100. The van der Waals surface area contributed by atoms with Crippen LogP contribution in [0.15, 0.2) is 42.7 Å². The minimum absolute atomic E-state index is 0.0321. The zero-order chi connectivity index (χ0) is 21.0. The molecule has 3 heterocycles. The van der Waals surface area contributed by atoms with Gasteiger partial charge in [-0.1, -0.05) is 6.07 Å². The van der Waals surface area contributed by atoms with Crippen molar-refractivity contribution in [1.29, 1.82) is 0 Å². The SMILES string of the molecule is CC1(F)CN(C(=O)Cn2ccc3ncc(-c4ccc(F)c(C(F)(F)F)c4)cc32)C1. The lowest BCUT2D eigenvalue weighted by atomic mass is 9.99. The second-order valence-corrected chi connectivity index (χ2v) is 7.43. The summed E-state index contributed by atoms with van der Waals surface area (Å²) in [5, 5.41) is 0. The number of carbonyl (C=O) groups is 1. The molecule has 0 saturated carbocycles. The number of alkyl halides is 4. The maximum absolute atomic E-state index is 13.6. The average molecular weight is 409 g/mol. The second kappa shape index (κ2) is 6.53. The molecule has 1 fully saturated rings. The van der Waals surface area contributed by atoms with Crippen LogP contribution in [0, 0.1) is 5.82 Å². The van der Waals surface area contributed by atoms with Gasteiger partial charge >= 0.3 is 6.18 Å². The lowest BCUT2D eigenvalue weighted by Crippen LogP contribution is -2.59. The molecular formula is C20H16F5N3O. The van der Waals surface area contributed by atoms with E-state index < -0.39 is 23.2 Å². The molecule has 0 radical (unpaired) electrons. The molecule has 29 heavy (non-hydrogen) atoms. The fourth-order valence-electron chi connectivity index (χ4n) is 3.45. The summed E-state index contributed by atoms with van der Waals surface area (Å²) in [7, 11) is 0. The van der Waals surface area contributed by atoms with Gasteiger partial charge in [-0.25, -0.2) is 8.78 Å². The van der Waals surface area contributed by atoms with Gasteiger partial charge in [-0.3, -0.25) is 9.78 Å². The molecule has 0 unspecified atom stereocenters. The van der Waals surface area contributed by atoms with E-state index in [-0.39, 0.29) is 31.1 Å². The Balaban J connectivity index is 1.65. The number of carbonyl (C=O) groups excluding carboxylic acids is 1. The first-order chi connectivity index (χ1) is 13.5. The van der Waals surface area contributed by atoms with E-state index in [1.165, 1.54) is 24.1 Å². The molecule has 9 heteroatoms. The van der Waals surface area contributed by atoms with Gasteiger partial charge in [0.2, 0.25) is 5.91 Å². The molecular weight excluding hydrogens is 393 g/mol. The van der Waals surface area contributed by atoms with Crippen LogP contribution < -0.4 is 0 Å². The Morgan fingerprint density at radius 2 is 1.90 bits per heavy atom. The largest absolute Gasteiger partial charge is 0.419 e. The van der Waals surface area contributed by atoms with Crippen LogP contribution in [0.1, 0.15) is 12.5 Å². The van der Waals surface area contributed by atoms with Crippen molar-refractivity contribution in [2.24, 2.45) is 0 Å². The third-order valence-electron chi connectivity index (χ3n) is 4.92. The maximum Gasteiger partial charge on any atom is 0.419 e. The lowest BCUT2D eigenvalue weighted by molar-refractivity contribution is -0.144. The zero-order valence-electron chi connectivity index (χ0n) is 15.3. The number of hydrogen-bond donors (Lipinski definition) is 0. The highest BCUT2D eigenvalue weighted by Crippen LogP contribution is 2.34. The van der Waals surface area contributed by atoms with Crippen LogP contribution in [0.2, 0.25) is 0 Å². The van der Waals surface area contributed by atoms with Gasteiger partial charge in [-0.05, 0) is 36.8 Å². The molecule has 1 amide bonds. The molecule has 4 nitrogen and oxygen atoms in total. The molecule has 1 aliphatic rings. The van der Waals surface area contributed by atoms with Crippen molar-refractivity contribution < 1.29 is 26.7 Å². The Labute approximate surface area is 162 Å². The fourth-order valence-corrected chi connectivity index (χ4v) is 3.45. The molecule has 0 aliphatic carbocycles. The monoisotopic (exact) mass is 409 g/mol. The molecule has 1 aliphatic heterocycles. The minimum Gasteiger partial charge on any atom is -0.337 e. The molecule has 0 spiro atoms. The quantitative estimate of drug-likeness (QED) is 0.601. The number of amides is 1. The zero-order valence-corrected chi connectivity index (χ0v) is 15.3. The van der Waals surface area contributed by atoms with Gasteiger partial charge in [0.05, 0.1) is 29.7 Å². The van der Waals surface area contributed by atoms with Gasteiger partial charge in [-0.2, -0.15) is 13.2 Å². The van der Waals surface area contributed by atoms with Crippen molar-refractivity contribution in [3.8, 4) is 11.1 Å². The summed E-state index contributed by atoms with van der Waals surface area (Å²) in [5.74, 6) is -1.61. The molecule has 4 rings (SSSR count). The number of hydrogen-bond acceptors (Lipinski definition) is 2. The highest BCUT2D eigenvalue weighted by atomic mass is 19.4. The summed E-state index contributed by atoms with van der Waals surface area (Å²) in [4.78, 5) is 17.9. The number of likely N-dealkylation sites (tertiary alicyclic amines) is 1. The maximum atomic E-state index is 13.6. The van der Waals surface area contributed by atoms with Gasteiger partial charge in [-0.15, -0.1) is 0 Å². The first-order valence-electron chi connectivity index (χ1n) is 8.82. The summed E-state index contributed by atoms with van der Waals surface area (Å²) >= 11 is 0. The van der Waals surface area contributed by atoms with E-state index in [2.05, 4.69) is 4.98 Å². The fraction of sp³-hybridized carbons (Fsp3) is 0.300. The number of halogens is 5. The molecule has 1 aromatic carbocycles. The third-order valence-corrected chi connectivity index (χ3v) is 4.92. The predicted octanol–water partition coefficient (Wildman–Crippen LogP) is 4.43. The van der Waals surface area contributed by atoms with E-state index in [0.717, 1.165) is 12.1 Å². The van der Waals surface area contributed by atoms with E-state index in [1.54, 1.807) is 22.9 Å². The molecule has 152 valence electrons. The normalized spacial score (nSPS) is 16.1. The minimum atomic E-state index is -4.81. The van der Waals surface area contributed by atoms with Crippen LogP contribution in [0.5, 0.6) is 0 Å². The highest BCUT2D eigenvalue weighted by Gasteiger charge is 2.41. The summed E-state index contributed by atoms with van der Waals surface area (Å²) in [6.07, 6.45) is -1.78. The van der Waals surface area contributed by atoms with Crippen molar-refractivity contribution in [1.82, 2.24) is 14.5 Å². The molecule has 1 saturated heterocycles. The third kappa shape index (κ3) is 3.68. The van der Waals surface area contributed by atoms with E-state index >= 15 is 0 Å². The first kappa shape index (κ1) is 19.4. The molecule has 2 aromatic heterocycles. The number of aromatic nitrogens is 2. The van der Waals surface area contributed by atoms with Crippen molar-refractivity contribution in [3.63, 3.8) is 0 Å². The Morgan fingerprint density at radius 1 is 1.17 bits per heavy atom. The van der Waals surface area contributed by atoms with Crippen LogP contribution in [-0.2, 0) is 17.5 Å². The summed E-state index contributed by atoms with van der Waals surface area (Å²) in [5.41, 5.74) is -1.12. The summed E-state index contributed by atoms with van der Waals surface area (Å²) in [6.45, 7) is 1.45. The topological polar surface area (TPSA) is 38.1 Å². The number of fused-ring (bicyclic) bond motifs is 1. The van der Waals surface area contributed by atoms with Gasteiger partial charge in [0.25, 0.3) is 0 Å². The van der Waals surface area contributed by atoms with Crippen LogP contribution in [0.3, 0.4) is 0 Å². The van der Waals surface area contributed by atoms with Gasteiger partial charge < -0.3 is 9.47 Å². The standard InChI is InChI=1S/C20H16F5N3O/c1-19(22)10-28(11-19)18(29)9-27-5-4-16-17(27)7-13(8-26-16)12-2-3-15(21)14(6-12)20(23,24)25/h2-8H,9-11H2,1H3. The highest BCUT2D eigenvalue weighted by molar-refractivity contribution is 5.84. The van der Waals surface area contributed by atoms with Crippen molar-refractivity contribution >= 4 is 16.9 Å². The average Bonchev–Trinajstić information content (AvgIpc) is 3.01. The van der Waals surface area contributed by atoms with E-state index in [1.807, 2.05) is 0 Å². The molecule has 0 N–H and O–H groups in total. The predicted molar refractivity (Wildman–Crippen MR) is 96.2 cm³/mol. The smallest absolute Gasteiger partial charge is 0.337 e. The Hall–Kier alpha value is -2.97. The Morgan fingerprint density at radius 3 is 2.55 bits per heavy atom. The number of rotatable bonds is 3. The summed E-state index contributed by atoms with van der Waals surface area (Å²) < 4.78 is 67.8. The molecule has 0 atom stereocenters. The Kier molecular flexibility index (Phi) is 4.36. The van der Waals surface area contributed by atoms with Gasteiger partial charge in [0.1, 0.15) is 18.0 Å². The lowest BCUT2D eigenvalue weighted by Gasteiger charge is -2.42. The van der Waals surface area contributed by atoms with E-state index in [0.29, 0.717) is 16.6 Å². The van der Waals surface area contributed by atoms with E-state index in [4.69, 9.17) is 0 Å². The number of nitrogens with zero attached hydrogens (tertiary/aromatic N) is 3. The van der Waals surface area contributed by atoms with Crippen LogP contribution in [0.25, 0.3) is 22.2 Å². The van der Waals surface area contributed by atoms with Crippen LogP contribution >= 0.6 is 0 Å². The van der Waals surface area contributed by atoms with E-state index in [9.17, 15) is 26.7 Å². The van der Waals surface area contributed by atoms with Crippen molar-refractivity contribution in [2.45, 2.75) is 25.3 Å². The second-order valence-electron chi connectivity index (χ2n) is 7.43. The van der Waals surface area contributed by atoms with Crippen molar-refractivity contribution in [3.05, 3.63) is 54.1 Å². The van der Waals surface area contributed by atoms with Crippen LogP contribution in [0.4, 0.5) is 22.0 Å². The molecule has 3 aromatic rings. The van der Waals surface area contributed by atoms with Crippen LogP contribution in [-0.4, -0.2) is 39.1 Å². The van der Waals surface area contributed by atoms with Gasteiger partial charge in [0.15, 0.2) is 0 Å². The number of pyridine rings is 1. The van der Waals surface area contributed by atoms with Crippen molar-refractivity contribution in [2.75, 3.05) is 13.1 Å². The van der Waals surface area contributed by atoms with Gasteiger partial charge in [0, 0.05) is 18.0 Å². The molecule has 0 bridgehead atoms. The summed E-state index contributed by atoms with van der Waals surface area (Å²) in [6, 6.07) is 6.02.